The molecule has 2 unspecified atom stereocenters. The lowest BCUT2D eigenvalue weighted by Crippen LogP contribution is -2.37. The van der Waals surface area contributed by atoms with Crippen LogP contribution in [0, 0.1) is 17.7 Å². The molecule has 2 N–H and O–H groups in total. The van der Waals surface area contributed by atoms with Gasteiger partial charge in [0.2, 0.25) is 12.1 Å². The number of Topliss-reactive ketones (excluding diaryl/α,β-unsaturated/α-hetero) is 1. The lowest BCUT2D eigenvalue weighted by molar-refractivity contribution is -0.111. The van der Waals surface area contributed by atoms with E-state index in [0.717, 1.165) is 22.2 Å². The number of nitrogens with one attached hydrogen (secondary N) is 1. The van der Waals surface area contributed by atoms with Crippen molar-refractivity contribution in [1.29, 1.82) is 5.41 Å². The maximum absolute atomic E-state index is 13.2. The number of aliphatic hydroxyl groups excluding tert-OH is 1. The van der Waals surface area contributed by atoms with Crippen molar-refractivity contribution in [3.8, 4) is 0 Å². The van der Waals surface area contributed by atoms with Gasteiger partial charge in [-0.3, -0.25) is 4.79 Å². The second-order valence-corrected chi connectivity index (χ2v) is 9.18. The molecule has 31 heavy (non-hydrogen) atoms. The summed E-state index contributed by atoms with van der Waals surface area (Å²) in [6.07, 6.45) is -0.687. The summed E-state index contributed by atoms with van der Waals surface area (Å²) in [6, 6.07) is 18.3. The van der Waals surface area contributed by atoms with Gasteiger partial charge in [-0.05, 0) is 24.1 Å². The third-order valence-electron chi connectivity index (χ3n) is 6.68. The first-order chi connectivity index (χ1) is 14.8. The van der Waals surface area contributed by atoms with Crippen molar-refractivity contribution < 1.29 is 14.6 Å². The summed E-state index contributed by atoms with van der Waals surface area (Å²) >= 11 is 0. The van der Waals surface area contributed by atoms with Crippen LogP contribution in [0.1, 0.15) is 43.0 Å². The van der Waals surface area contributed by atoms with E-state index >= 15 is 0 Å². The van der Waals surface area contributed by atoms with E-state index in [1.807, 2.05) is 57.2 Å². The summed E-state index contributed by atoms with van der Waals surface area (Å²) in [5.41, 5.74) is 4.07. The SMILES string of the molecule is Cc1c(C2C3=C(CC(C)(C)C(=N)C3=O)OC2O)c2ccccc2n1Cc1ccccc1. The third-order valence-corrected chi connectivity index (χ3v) is 6.68. The molecule has 1 aliphatic heterocycles. The Morgan fingerprint density at radius 2 is 1.81 bits per heavy atom. The highest BCUT2D eigenvalue weighted by Gasteiger charge is 2.50. The smallest absolute Gasteiger partial charge is 0.208 e. The van der Waals surface area contributed by atoms with Gasteiger partial charge in [-0.15, -0.1) is 0 Å². The van der Waals surface area contributed by atoms with Crippen LogP contribution in [0.15, 0.2) is 65.9 Å². The average molecular weight is 415 g/mol. The number of hydrogen-bond acceptors (Lipinski definition) is 4. The van der Waals surface area contributed by atoms with Crippen molar-refractivity contribution in [1.82, 2.24) is 4.57 Å². The molecule has 1 aliphatic carbocycles. The zero-order valence-electron chi connectivity index (χ0n) is 18.0. The highest BCUT2D eigenvalue weighted by molar-refractivity contribution is 6.47. The lowest BCUT2D eigenvalue weighted by Gasteiger charge is -2.30. The van der Waals surface area contributed by atoms with Gasteiger partial charge in [0.15, 0.2) is 0 Å². The predicted octanol–water partition coefficient (Wildman–Crippen LogP) is 4.70. The van der Waals surface area contributed by atoms with Crippen LogP contribution in [0.5, 0.6) is 0 Å². The van der Waals surface area contributed by atoms with Crippen molar-refractivity contribution in [2.75, 3.05) is 0 Å². The Morgan fingerprint density at radius 3 is 2.55 bits per heavy atom. The third kappa shape index (κ3) is 2.95. The van der Waals surface area contributed by atoms with Crippen LogP contribution >= 0.6 is 0 Å². The zero-order valence-corrected chi connectivity index (χ0v) is 18.0. The van der Waals surface area contributed by atoms with Gasteiger partial charge in [0, 0.05) is 35.0 Å². The van der Waals surface area contributed by atoms with Gasteiger partial charge >= 0.3 is 0 Å². The molecular weight excluding hydrogens is 388 g/mol. The lowest BCUT2D eigenvalue weighted by atomic mass is 9.72. The molecule has 0 amide bonds. The fourth-order valence-corrected chi connectivity index (χ4v) is 5.04. The van der Waals surface area contributed by atoms with Crippen LogP contribution < -0.4 is 0 Å². The van der Waals surface area contributed by atoms with Gasteiger partial charge in [0.25, 0.3) is 0 Å². The van der Waals surface area contributed by atoms with Crippen LogP contribution in [-0.2, 0) is 16.1 Å². The van der Waals surface area contributed by atoms with Crippen LogP contribution in [0.2, 0.25) is 0 Å². The number of nitrogens with zero attached hydrogens (tertiary/aromatic N) is 1. The molecule has 5 nitrogen and oxygen atoms in total. The Labute approximate surface area is 181 Å². The molecule has 1 aromatic heterocycles. The zero-order chi connectivity index (χ0) is 21.9. The monoisotopic (exact) mass is 414 g/mol. The molecule has 158 valence electrons. The van der Waals surface area contributed by atoms with Gasteiger partial charge in [-0.2, -0.15) is 0 Å². The number of rotatable bonds is 3. The van der Waals surface area contributed by atoms with Crippen LogP contribution in [-0.4, -0.2) is 27.5 Å². The summed E-state index contributed by atoms with van der Waals surface area (Å²) in [5, 5.41) is 20.3. The number of allylic oxidation sites excluding steroid dienone is 1. The van der Waals surface area contributed by atoms with Gasteiger partial charge in [-0.25, -0.2) is 0 Å². The Bertz CT molecular complexity index is 1250. The topological polar surface area (TPSA) is 75.3 Å². The van der Waals surface area contributed by atoms with E-state index in [-0.39, 0.29) is 11.5 Å². The number of para-hydroxylation sites is 1. The highest BCUT2D eigenvalue weighted by Crippen LogP contribution is 2.49. The molecule has 5 rings (SSSR count). The molecule has 2 heterocycles. The van der Waals surface area contributed by atoms with E-state index in [2.05, 4.69) is 22.8 Å². The number of fused-ring (bicyclic) bond motifs is 1. The van der Waals surface area contributed by atoms with Crippen molar-refractivity contribution in [2.24, 2.45) is 5.41 Å². The first kappa shape index (κ1) is 19.8. The molecule has 2 aliphatic rings. The quantitative estimate of drug-likeness (QED) is 0.652. The number of hydrogen-bond donors (Lipinski definition) is 2. The van der Waals surface area contributed by atoms with Crippen molar-refractivity contribution in [2.45, 2.75) is 45.9 Å². The number of carbonyl (C=O) groups excluding carboxylic acids is 1. The van der Waals surface area contributed by atoms with E-state index in [0.29, 0.717) is 24.3 Å². The molecule has 0 radical (unpaired) electrons. The summed E-state index contributed by atoms with van der Waals surface area (Å²) in [6.45, 7) is 6.47. The minimum Gasteiger partial charge on any atom is -0.468 e. The van der Waals surface area contributed by atoms with Gasteiger partial charge in [0.05, 0.1) is 17.2 Å². The summed E-state index contributed by atoms with van der Waals surface area (Å²) in [7, 11) is 0. The Balaban J connectivity index is 1.69. The fraction of sp³-hybridized carbons (Fsp3) is 0.308. The minimum absolute atomic E-state index is 0.0830. The van der Waals surface area contributed by atoms with E-state index in [1.54, 1.807) is 0 Å². The molecule has 0 fully saturated rings. The summed E-state index contributed by atoms with van der Waals surface area (Å²) in [4.78, 5) is 13.2. The van der Waals surface area contributed by atoms with Crippen LogP contribution in [0.3, 0.4) is 0 Å². The van der Waals surface area contributed by atoms with E-state index < -0.39 is 17.6 Å². The van der Waals surface area contributed by atoms with Gasteiger partial charge in [0.1, 0.15) is 5.76 Å². The summed E-state index contributed by atoms with van der Waals surface area (Å²) < 4.78 is 8.06. The Kier molecular flexibility index (Phi) is 4.41. The van der Waals surface area contributed by atoms with E-state index in [9.17, 15) is 9.90 Å². The second kappa shape index (κ2) is 6.92. The molecular formula is C26H26N2O3. The first-order valence-electron chi connectivity index (χ1n) is 10.6. The number of ketones is 1. The maximum Gasteiger partial charge on any atom is 0.208 e. The van der Waals surface area contributed by atoms with Crippen LogP contribution in [0.25, 0.3) is 10.9 Å². The molecule has 0 saturated heterocycles. The van der Waals surface area contributed by atoms with Crippen LogP contribution in [0.4, 0.5) is 0 Å². The standard InChI is InChI=1S/C26H26N2O3/c1-15-20(22-21-19(31-25(22)30)13-26(2,3)24(27)23(21)29)17-11-7-8-12-18(17)28(15)14-16-9-5-4-6-10-16/h4-12,22,25,27,30H,13-14H2,1-3H3. The molecule has 3 aromatic rings. The Morgan fingerprint density at radius 1 is 1.13 bits per heavy atom. The fourth-order valence-electron chi connectivity index (χ4n) is 5.04. The van der Waals surface area contributed by atoms with E-state index in [1.165, 1.54) is 5.56 Å². The van der Waals surface area contributed by atoms with Crippen molar-refractivity contribution in [3.63, 3.8) is 0 Å². The normalized spacial score (nSPS) is 22.7. The molecule has 2 aromatic carbocycles. The maximum atomic E-state index is 13.2. The molecule has 2 atom stereocenters. The molecule has 0 saturated carbocycles. The first-order valence-corrected chi connectivity index (χ1v) is 10.6. The van der Waals surface area contributed by atoms with Crippen molar-refractivity contribution in [3.05, 3.63) is 82.8 Å². The number of aliphatic hydroxyl groups is 1. The largest absolute Gasteiger partial charge is 0.468 e. The molecule has 0 bridgehead atoms. The Hall–Kier alpha value is -3.18. The number of ether oxygens (including phenoxy) is 1. The minimum atomic E-state index is -1.13. The number of benzene rings is 2. The molecule has 0 spiro atoms. The average Bonchev–Trinajstić information content (AvgIpc) is 3.20. The number of carbonyl (C=O) groups is 1. The van der Waals surface area contributed by atoms with E-state index in [4.69, 9.17) is 10.1 Å². The van der Waals surface area contributed by atoms with Gasteiger partial charge < -0.3 is 19.8 Å². The highest BCUT2D eigenvalue weighted by atomic mass is 16.6. The molecule has 5 heteroatoms. The number of aromatic nitrogens is 1. The van der Waals surface area contributed by atoms with Crippen molar-refractivity contribution >= 4 is 22.4 Å². The van der Waals surface area contributed by atoms with Gasteiger partial charge in [-0.1, -0.05) is 62.4 Å². The second-order valence-electron chi connectivity index (χ2n) is 9.18. The predicted molar refractivity (Wildman–Crippen MR) is 120 cm³/mol. The summed E-state index contributed by atoms with van der Waals surface area (Å²) in [5.74, 6) is -0.379.